The molecule has 7 heteroatoms. The Morgan fingerprint density at radius 3 is 2.52 bits per heavy atom. The molecule has 6 nitrogen and oxygen atoms in total. The number of hydrogen-bond donors (Lipinski definition) is 2. The molecule has 3 rings (SSSR count). The molecule has 1 aliphatic heterocycles. The summed E-state index contributed by atoms with van der Waals surface area (Å²) in [6.07, 6.45) is 2.10. The Balaban J connectivity index is 1.83. The van der Waals surface area contributed by atoms with Crippen molar-refractivity contribution in [1.82, 2.24) is 5.32 Å². The maximum Gasteiger partial charge on any atom is 0.267 e. The monoisotopic (exact) mass is 290 g/mol. The number of carbonyl (C=O) groups is 2. The number of benzene rings is 1. The molecule has 0 spiro atoms. The minimum Gasteiger partial charge on any atom is -0.368 e. The summed E-state index contributed by atoms with van der Waals surface area (Å²) in [6, 6.07) is 5.02. The van der Waals surface area contributed by atoms with Gasteiger partial charge in [-0.3, -0.25) is 14.6 Å². The van der Waals surface area contributed by atoms with Crippen molar-refractivity contribution in [3.05, 3.63) is 30.1 Å². The second kappa shape index (κ2) is 5.16. The van der Waals surface area contributed by atoms with E-state index in [1.165, 1.54) is 29.3 Å². The van der Waals surface area contributed by atoms with Crippen LogP contribution >= 0.6 is 0 Å². The van der Waals surface area contributed by atoms with Crippen LogP contribution in [0.1, 0.15) is 19.3 Å². The van der Waals surface area contributed by atoms with Crippen molar-refractivity contribution in [3.8, 4) is 0 Å². The number of nitrogens with two attached hydrogens (primary N) is 1. The number of nitrogens with zero attached hydrogens (tertiary/aromatic N) is 2. The molecule has 1 aromatic rings. The van der Waals surface area contributed by atoms with Crippen molar-refractivity contribution < 1.29 is 14.0 Å². The third-order valence-electron chi connectivity index (χ3n) is 3.50. The van der Waals surface area contributed by atoms with E-state index in [-0.39, 0.29) is 29.9 Å². The van der Waals surface area contributed by atoms with Gasteiger partial charge in [-0.05, 0) is 37.1 Å². The highest BCUT2D eigenvalue weighted by Crippen LogP contribution is 2.25. The van der Waals surface area contributed by atoms with Crippen molar-refractivity contribution in [2.24, 2.45) is 10.8 Å². The lowest BCUT2D eigenvalue weighted by Crippen LogP contribution is -2.40. The summed E-state index contributed by atoms with van der Waals surface area (Å²) < 4.78 is 13.0. The van der Waals surface area contributed by atoms with Crippen LogP contribution in [0.3, 0.4) is 0 Å². The zero-order valence-electron chi connectivity index (χ0n) is 11.3. The molecule has 2 amide bonds. The molecule has 0 radical (unpaired) electrons. The van der Waals surface area contributed by atoms with Gasteiger partial charge < -0.3 is 11.1 Å². The number of primary amides is 1. The average Bonchev–Trinajstić information content (AvgIpc) is 3.14. The number of amides is 2. The molecule has 0 bridgehead atoms. The molecule has 1 aromatic carbocycles. The number of halogens is 1. The predicted octanol–water partition coefficient (Wildman–Crippen LogP) is 0.524. The number of carbonyl (C=O) groups excluding carboxylic acids is 2. The minimum atomic E-state index is -0.726. The van der Waals surface area contributed by atoms with E-state index in [2.05, 4.69) is 10.4 Å². The largest absolute Gasteiger partial charge is 0.368 e. The first-order chi connectivity index (χ1) is 10.0. The van der Waals surface area contributed by atoms with Gasteiger partial charge >= 0.3 is 0 Å². The average molecular weight is 290 g/mol. The quantitative estimate of drug-likeness (QED) is 0.847. The molecule has 110 valence electrons. The molecule has 1 aliphatic carbocycles. The van der Waals surface area contributed by atoms with Gasteiger partial charge in [-0.2, -0.15) is 5.10 Å². The van der Waals surface area contributed by atoms with Crippen LogP contribution in [0.25, 0.3) is 0 Å². The second-order valence-corrected chi connectivity index (χ2v) is 5.24. The molecule has 21 heavy (non-hydrogen) atoms. The van der Waals surface area contributed by atoms with E-state index in [4.69, 9.17) is 5.73 Å². The summed E-state index contributed by atoms with van der Waals surface area (Å²) in [5.74, 6) is -1.23. The van der Waals surface area contributed by atoms with E-state index in [9.17, 15) is 14.0 Å². The Bertz CT molecular complexity index is 610. The Kier molecular flexibility index (Phi) is 3.32. The van der Waals surface area contributed by atoms with Gasteiger partial charge in [0.25, 0.3) is 5.91 Å². The summed E-state index contributed by atoms with van der Waals surface area (Å²) in [6.45, 7) is 0. The molecule has 3 N–H and O–H groups in total. The highest BCUT2D eigenvalue weighted by Gasteiger charge is 2.36. The molecule has 1 saturated carbocycles. The number of anilines is 1. The van der Waals surface area contributed by atoms with Gasteiger partial charge in [0.05, 0.1) is 5.69 Å². The number of nitrogens with one attached hydrogen (secondary N) is 1. The Labute approximate surface area is 120 Å². The first-order valence-corrected chi connectivity index (χ1v) is 6.77. The lowest BCUT2D eigenvalue weighted by molar-refractivity contribution is -0.119. The molecule has 1 fully saturated rings. The fraction of sp³-hybridized carbons (Fsp3) is 0.357. The smallest absolute Gasteiger partial charge is 0.267 e. The van der Waals surface area contributed by atoms with Crippen molar-refractivity contribution in [2.75, 3.05) is 5.01 Å². The second-order valence-electron chi connectivity index (χ2n) is 5.24. The van der Waals surface area contributed by atoms with E-state index in [1.54, 1.807) is 0 Å². The third-order valence-corrected chi connectivity index (χ3v) is 3.50. The maximum absolute atomic E-state index is 13.0. The van der Waals surface area contributed by atoms with E-state index < -0.39 is 11.9 Å². The Hall–Kier alpha value is -2.44. The van der Waals surface area contributed by atoms with Crippen LogP contribution in [0.5, 0.6) is 0 Å². The number of rotatable bonds is 4. The van der Waals surface area contributed by atoms with Crippen LogP contribution in [-0.4, -0.2) is 29.6 Å². The predicted molar refractivity (Wildman–Crippen MR) is 75.1 cm³/mol. The SMILES string of the molecule is NC(=O)C1CC(C(=O)NC2CC2)=NN1c1ccc(F)cc1. The van der Waals surface area contributed by atoms with Crippen LogP contribution < -0.4 is 16.1 Å². The van der Waals surface area contributed by atoms with Gasteiger partial charge in [-0.25, -0.2) is 4.39 Å². The van der Waals surface area contributed by atoms with Crippen LogP contribution in [0.15, 0.2) is 29.4 Å². The summed E-state index contributed by atoms with van der Waals surface area (Å²) in [4.78, 5) is 23.6. The zero-order valence-corrected chi connectivity index (χ0v) is 11.3. The molecule has 0 saturated heterocycles. The first kappa shape index (κ1) is 13.5. The molecular formula is C14H15FN4O2. The van der Waals surface area contributed by atoms with Gasteiger partial charge in [0, 0.05) is 12.5 Å². The van der Waals surface area contributed by atoms with E-state index >= 15 is 0 Å². The molecule has 1 heterocycles. The van der Waals surface area contributed by atoms with Gasteiger partial charge in [-0.15, -0.1) is 0 Å². The van der Waals surface area contributed by atoms with E-state index in [0.717, 1.165) is 12.8 Å². The fourth-order valence-electron chi connectivity index (χ4n) is 2.20. The van der Waals surface area contributed by atoms with Crippen LogP contribution in [0, 0.1) is 5.82 Å². The molecule has 1 atom stereocenters. The van der Waals surface area contributed by atoms with Crippen molar-refractivity contribution in [3.63, 3.8) is 0 Å². The molecular weight excluding hydrogens is 275 g/mol. The fourth-order valence-corrected chi connectivity index (χ4v) is 2.20. The minimum absolute atomic E-state index is 0.158. The number of hydrazone groups is 1. The lowest BCUT2D eigenvalue weighted by atomic mass is 10.1. The van der Waals surface area contributed by atoms with Gasteiger partial charge in [0.1, 0.15) is 17.6 Å². The van der Waals surface area contributed by atoms with Crippen LogP contribution in [0.2, 0.25) is 0 Å². The summed E-state index contributed by atoms with van der Waals surface area (Å²) >= 11 is 0. The van der Waals surface area contributed by atoms with Gasteiger partial charge in [-0.1, -0.05) is 0 Å². The number of hydrogen-bond acceptors (Lipinski definition) is 4. The van der Waals surface area contributed by atoms with Gasteiger partial charge in [0.15, 0.2) is 0 Å². The summed E-state index contributed by atoms with van der Waals surface area (Å²) in [5, 5.41) is 8.39. The van der Waals surface area contributed by atoms with Crippen molar-refractivity contribution in [1.29, 1.82) is 0 Å². The van der Waals surface area contributed by atoms with E-state index in [0.29, 0.717) is 5.69 Å². The van der Waals surface area contributed by atoms with Gasteiger partial charge in [0.2, 0.25) is 5.91 Å². The van der Waals surface area contributed by atoms with E-state index in [1.807, 2.05) is 0 Å². The van der Waals surface area contributed by atoms with Crippen LogP contribution in [-0.2, 0) is 9.59 Å². The zero-order chi connectivity index (χ0) is 15.0. The Morgan fingerprint density at radius 1 is 1.29 bits per heavy atom. The lowest BCUT2D eigenvalue weighted by Gasteiger charge is -2.20. The topological polar surface area (TPSA) is 87.8 Å². The summed E-state index contributed by atoms with van der Waals surface area (Å²) in [5.41, 5.74) is 6.17. The molecule has 0 aromatic heterocycles. The highest BCUT2D eigenvalue weighted by atomic mass is 19.1. The first-order valence-electron chi connectivity index (χ1n) is 6.77. The molecule has 1 unspecified atom stereocenters. The third kappa shape index (κ3) is 2.86. The highest BCUT2D eigenvalue weighted by molar-refractivity contribution is 6.40. The standard InChI is InChI=1S/C14H15FN4O2/c15-8-1-5-10(6-2-8)19-12(13(16)20)7-11(18-19)14(21)17-9-3-4-9/h1-2,5-6,9,12H,3-4,7H2,(H2,16,20)(H,17,21). The summed E-state index contributed by atoms with van der Waals surface area (Å²) in [7, 11) is 0. The van der Waals surface area contributed by atoms with Crippen molar-refractivity contribution in [2.45, 2.75) is 31.3 Å². The normalized spacial score (nSPS) is 21.1. The molecule has 2 aliphatic rings. The van der Waals surface area contributed by atoms with Crippen molar-refractivity contribution >= 4 is 23.2 Å². The van der Waals surface area contributed by atoms with Crippen LogP contribution in [0.4, 0.5) is 10.1 Å². The Morgan fingerprint density at radius 2 is 1.95 bits per heavy atom. The maximum atomic E-state index is 13.0.